The van der Waals surface area contributed by atoms with Gasteiger partial charge in [0, 0.05) is 23.3 Å². The number of nitrogens with zero attached hydrogens (tertiary/aromatic N) is 2. The molecule has 0 aliphatic rings. The number of nitrogens with two attached hydrogens (primary N) is 1. The van der Waals surface area contributed by atoms with E-state index in [1.807, 2.05) is 22.8 Å². The minimum atomic E-state index is 0.453. The van der Waals surface area contributed by atoms with Gasteiger partial charge in [-0.05, 0) is 12.1 Å². The van der Waals surface area contributed by atoms with Crippen LogP contribution >= 0.6 is 15.9 Å². The van der Waals surface area contributed by atoms with Crippen molar-refractivity contribution in [3.8, 4) is 11.4 Å². The Morgan fingerprint density at radius 1 is 1.44 bits per heavy atom. The average molecular weight is 282 g/mol. The standard InChI is InChI=1S/C11H12BrN3O/c1-16-11-3-8(12)2-9(4-11)15-7-14-6-10(15)5-13/h2-4,6-7H,5,13H2,1H3. The van der Waals surface area contributed by atoms with Crippen LogP contribution in [-0.2, 0) is 6.54 Å². The summed E-state index contributed by atoms with van der Waals surface area (Å²) in [6.07, 6.45) is 3.50. The first-order chi connectivity index (χ1) is 7.74. The van der Waals surface area contributed by atoms with E-state index < -0.39 is 0 Å². The van der Waals surface area contributed by atoms with Crippen LogP contribution in [0.4, 0.5) is 0 Å². The van der Waals surface area contributed by atoms with E-state index in [9.17, 15) is 0 Å². The lowest BCUT2D eigenvalue weighted by atomic mass is 10.3. The van der Waals surface area contributed by atoms with Crippen molar-refractivity contribution < 1.29 is 4.74 Å². The Labute approximate surface area is 102 Å². The van der Waals surface area contributed by atoms with Crippen molar-refractivity contribution in [3.63, 3.8) is 0 Å². The summed E-state index contributed by atoms with van der Waals surface area (Å²) in [5.41, 5.74) is 7.57. The molecule has 0 saturated carbocycles. The summed E-state index contributed by atoms with van der Waals surface area (Å²) in [5.74, 6) is 0.793. The Morgan fingerprint density at radius 2 is 2.25 bits per heavy atom. The SMILES string of the molecule is COc1cc(Br)cc(-n2cncc2CN)c1. The maximum absolute atomic E-state index is 5.64. The van der Waals surface area contributed by atoms with Gasteiger partial charge in [0.1, 0.15) is 5.75 Å². The van der Waals surface area contributed by atoms with E-state index in [1.54, 1.807) is 19.6 Å². The van der Waals surface area contributed by atoms with Crippen LogP contribution in [0.2, 0.25) is 0 Å². The number of hydrogen-bond acceptors (Lipinski definition) is 3. The molecule has 16 heavy (non-hydrogen) atoms. The van der Waals surface area contributed by atoms with Crippen LogP contribution in [0.3, 0.4) is 0 Å². The molecule has 2 aromatic rings. The van der Waals surface area contributed by atoms with E-state index >= 15 is 0 Å². The summed E-state index contributed by atoms with van der Waals surface area (Å²) in [5, 5.41) is 0. The molecule has 0 bridgehead atoms. The quantitative estimate of drug-likeness (QED) is 0.938. The Kier molecular flexibility index (Phi) is 3.26. The molecule has 0 radical (unpaired) electrons. The van der Waals surface area contributed by atoms with Gasteiger partial charge >= 0.3 is 0 Å². The summed E-state index contributed by atoms with van der Waals surface area (Å²) in [6, 6.07) is 5.83. The predicted molar refractivity (Wildman–Crippen MR) is 65.7 cm³/mol. The second-order valence-corrected chi connectivity index (χ2v) is 4.22. The van der Waals surface area contributed by atoms with Crippen LogP contribution in [-0.4, -0.2) is 16.7 Å². The number of halogens is 1. The fourth-order valence-electron chi connectivity index (χ4n) is 1.51. The summed E-state index contributed by atoms with van der Waals surface area (Å²) < 4.78 is 8.11. The van der Waals surface area contributed by atoms with Crippen molar-refractivity contribution in [1.82, 2.24) is 9.55 Å². The molecule has 0 aliphatic carbocycles. The van der Waals surface area contributed by atoms with Crippen LogP contribution in [0.25, 0.3) is 5.69 Å². The van der Waals surface area contributed by atoms with Gasteiger partial charge in [0.2, 0.25) is 0 Å². The van der Waals surface area contributed by atoms with Gasteiger partial charge in [-0.2, -0.15) is 0 Å². The van der Waals surface area contributed by atoms with Crippen LogP contribution in [0.5, 0.6) is 5.75 Å². The van der Waals surface area contributed by atoms with Crippen molar-refractivity contribution in [3.05, 3.63) is 40.9 Å². The van der Waals surface area contributed by atoms with Gasteiger partial charge < -0.3 is 15.0 Å². The normalized spacial score (nSPS) is 10.4. The molecule has 84 valence electrons. The van der Waals surface area contributed by atoms with Crippen LogP contribution in [0.1, 0.15) is 5.69 Å². The van der Waals surface area contributed by atoms with Crippen molar-refractivity contribution in [1.29, 1.82) is 0 Å². The van der Waals surface area contributed by atoms with Gasteiger partial charge in [-0.1, -0.05) is 15.9 Å². The van der Waals surface area contributed by atoms with E-state index in [0.29, 0.717) is 6.54 Å². The van der Waals surface area contributed by atoms with Crippen molar-refractivity contribution in [2.75, 3.05) is 7.11 Å². The molecule has 0 fully saturated rings. The average Bonchev–Trinajstić information content (AvgIpc) is 2.76. The van der Waals surface area contributed by atoms with E-state index in [4.69, 9.17) is 10.5 Å². The lowest BCUT2D eigenvalue weighted by Gasteiger charge is -2.09. The highest BCUT2D eigenvalue weighted by Crippen LogP contribution is 2.24. The zero-order chi connectivity index (χ0) is 11.5. The number of aromatic nitrogens is 2. The Hall–Kier alpha value is -1.33. The molecule has 2 N–H and O–H groups in total. The fraction of sp³-hybridized carbons (Fsp3) is 0.182. The highest BCUT2D eigenvalue weighted by Gasteiger charge is 2.05. The van der Waals surface area contributed by atoms with Crippen molar-refractivity contribution >= 4 is 15.9 Å². The zero-order valence-electron chi connectivity index (χ0n) is 8.85. The van der Waals surface area contributed by atoms with Crippen LogP contribution < -0.4 is 10.5 Å². The van der Waals surface area contributed by atoms with Crippen molar-refractivity contribution in [2.24, 2.45) is 5.73 Å². The minimum absolute atomic E-state index is 0.453. The van der Waals surface area contributed by atoms with Gasteiger partial charge in [-0.3, -0.25) is 0 Å². The molecule has 0 aliphatic heterocycles. The topological polar surface area (TPSA) is 53.1 Å². The van der Waals surface area contributed by atoms with E-state index in [2.05, 4.69) is 20.9 Å². The lowest BCUT2D eigenvalue weighted by molar-refractivity contribution is 0.414. The maximum atomic E-state index is 5.64. The van der Waals surface area contributed by atoms with Crippen LogP contribution in [0, 0.1) is 0 Å². The highest BCUT2D eigenvalue weighted by atomic mass is 79.9. The summed E-state index contributed by atoms with van der Waals surface area (Å²) in [7, 11) is 1.64. The number of imidazole rings is 1. The smallest absolute Gasteiger partial charge is 0.122 e. The van der Waals surface area contributed by atoms with Crippen LogP contribution in [0.15, 0.2) is 35.2 Å². The molecule has 4 nitrogen and oxygen atoms in total. The maximum Gasteiger partial charge on any atom is 0.122 e. The molecule has 1 aromatic carbocycles. The second-order valence-electron chi connectivity index (χ2n) is 3.31. The van der Waals surface area contributed by atoms with Gasteiger partial charge in [-0.25, -0.2) is 4.98 Å². The summed E-state index contributed by atoms with van der Waals surface area (Å²) >= 11 is 3.44. The molecule has 0 spiro atoms. The Balaban J connectivity index is 2.51. The third-order valence-corrected chi connectivity index (χ3v) is 2.75. The number of hydrogen-bond donors (Lipinski definition) is 1. The molecule has 1 aromatic heterocycles. The fourth-order valence-corrected chi connectivity index (χ4v) is 1.97. The van der Waals surface area contributed by atoms with Gasteiger partial charge in [0.15, 0.2) is 0 Å². The summed E-state index contributed by atoms with van der Waals surface area (Å²) in [6.45, 7) is 0.453. The van der Waals surface area contributed by atoms with E-state index in [-0.39, 0.29) is 0 Å². The monoisotopic (exact) mass is 281 g/mol. The minimum Gasteiger partial charge on any atom is -0.497 e. The first-order valence-electron chi connectivity index (χ1n) is 4.81. The number of methoxy groups -OCH3 is 1. The number of benzene rings is 1. The molecule has 0 amide bonds. The first kappa shape index (κ1) is 11.2. The lowest BCUT2D eigenvalue weighted by Crippen LogP contribution is -2.04. The van der Waals surface area contributed by atoms with Gasteiger partial charge in [0.25, 0.3) is 0 Å². The molecule has 2 rings (SSSR count). The number of rotatable bonds is 3. The van der Waals surface area contributed by atoms with Crippen molar-refractivity contribution in [2.45, 2.75) is 6.54 Å². The predicted octanol–water partition coefficient (Wildman–Crippen LogP) is 2.10. The molecule has 1 heterocycles. The molecular formula is C11H12BrN3O. The third kappa shape index (κ3) is 2.10. The Bertz CT molecular complexity index is 496. The summed E-state index contributed by atoms with van der Waals surface area (Å²) in [4.78, 5) is 4.08. The zero-order valence-corrected chi connectivity index (χ0v) is 10.4. The van der Waals surface area contributed by atoms with Gasteiger partial charge in [0.05, 0.1) is 24.8 Å². The molecule has 5 heteroatoms. The van der Waals surface area contributed by atoms with Gasteiger partial charge in [-0.15, -0.1) is 0 Å². The molecule has 0 atom stereocenters. The molecule has 0 unspecified atom stereocenters. The van der Waals surface area contributed by atoms with E-state index in [1.165, 1.54) is 0 Å². The third-order valence-electron chi connectivity index (χ3n) is 2.29. The second kappa shape index (κ2) is 4.67. The molecular weight excluding hydrogens is 270 g/mol. The largest absolute Gasteiger partial charge is 0.497 e. The van der Waals surface area contributed by atoms with E-state index in [0.717, 1.165) is 21.6 Å². The number of ether oxygens (including phenoxy) is 1. The first-order valence-corrected chi connectivity index (χ1v) is 5.60. The molecule has 0 saturated heterocycles. The Morgan fingerprint density at radius 3 is 2.94 bits per heavy atom. The highest BCUT2D eigenvalue weighted by molar-refractivity contribution is 9.10.